The minimum absolute atomic E-state index is 0.769. The van der Waals surface area contributed by atoms with Crippen molar-refractivity contribution in [1.29, 1.82) is 0 Å². The van der Waals surface area contributed by atoms with Crippen LogP contribution < -0.4 is 15.9 Å². The summed E-state index contributed by atoms with van der Waals surface area (Å²) in [5, 5.41) is 8.95. The molecule has 0 bridgehead atoms. The molecule has 10 aromatic rings. The molecule has 0 unspecified atom stereocenters. The molecule has 0 radical (unpaired) electrons. The molecule has 2 aromatic heterocycles. The van der Waals surface area contributed by atoms with E-state index in [0.717, 1.165) is 76.5 Å². The Kier molecular flexibility index (Phi) is 6.46. The van der Waals surface area contributed by atoms with Crippen molar-refractivity contribution in [2.75, 3.05) is 0 Å². The Morgan fingerprint density at radius 1 is 0.340 bits per heavy atom. The third kappa shape index (κ3) is 4.48. The molecule has 0 atom stereocenters. The summed E-state index contributed by atoms with van der Waals surface area (Å²) in [4.78, 5) is 0. The van der Waals surface area contributed by atoms with Gasteiger partial charge in [0.05, 0.1) is 0 Å². The van der Waals surface area contributed by atoms with Crippen LogP contribution in [-0.2, 0) is 4.57 Å². The second kappa shape index (κ2) is 11.2. The zero-order valence-corrected chi connectivity index (χ0v) is 27.8. The molecule has 236 valence electrons. The molecule has 10 rings (SSSR count). The Morgan fingerprint density at radius 2 is 0.800 bits per heavy atom. The normalized spacial score (nSPS) is 12.1. The lowest BCUT2D eigenvalue weighted by Crippen LogP contribution is -2.24. The minimum Gasteiger partial charge on any atom is -0.456 e. The monoisotopic (exact) mass is 660 g/mol. The maximum atomic E-state index is 15.2. The molecule has 0 spiro atoms. The summed E-state index contributed by atoms with van der Waals surface area (Å²) < 4.78 is 27.8. The number of hydrogen-bond donors (Lipinski definition) is 0. The molecule has 0 N–H and O–H groups in total. The van der Waals surface area contributed by atoms with Crippen LogP contribution in [0.25, 0.3) is 76.9 Å². The second-order valence-corrected chi connectivity index (χ2v) is 15.6. The topological polar surface area (TPSA) is 43.4 Å². The molecular formula is C46H29O3P. The van der Waals surface area contributed by atoms with E-state index in [2.05, 4.69) is 97.1 Å². The van der Waals surface area contributed by atoms with E-state index in [0.29, 0.717) is 0 Å². The number of hydrogen-bond acceptors (Lipinski definition) is 3. The Bertz CT molecular complexity index is 2910. The molecule has 4 heteroatoms. The molecule has 50 heavy (non-hydrogen) atoms. The first-order valence-electron chi connectivity index (χ1n) is 16.8. The average Bonchev–Trinajstić information content (AvgIpc) is 3.74. The first-order chi connectivity index (χ1) is 24.6. The first-order valence-corrected chi connectivity index (χ1v) is 18.5. The number of benzene rings is 8. The van der Waals surface area contributed by atoms with Gasteiger partial charge in [0.15, 0.2) is 7.14 Å². The van der Waals surface area contributed by atoms with Gasteiger partial charge in [0.25, 0.3) is 0 Å². The molecule has 0 amide bonds. The summed E-state index contributed by atoms with van der Waals surface area (Å²) in [6.45, 7) is 0. The largest absolute Gasteiger partial charge is 0.456 e. The standard InChI is InChI=1S/C46H29O3P/c47-50(34-12-3-1-4-13-34,35-14-5-2-6-15-35)36-21-25-46-42(29-36)40-27-32(19-23-44(40)49-46)31-18-22-43-39(26-31)41-28-33(20-24-45(41)48-43)38-17-9-11-30-10-7-8-16-37(30)38/h1-29H. The molecule has 0 aliphatic carbocycles. The molecule has 2 heterocycles. The van der Waals surface area contributed by atoms with E-state index < -0.39 is 7.14 Å². The van der Waals surface area contributed by atoms with Crippen molar-refractivity contribution < 1.29 is 13.4 Å². The summed E-state index contributed by atoms with van der Waals surface area (Å²) in [6.07, 6.45) is 0. The van der Waals surface area contributed by atoms with E-state index in [1.807, 2.05) is 78.9 Å². The van der Waals surface area contributed by atoms with Crippen LogP contribution in [0, 0.1) is 0 Å². The van der Waals surface area contributed by atoms with Gasteiger partial charge in [0, 0.05) is 37.5 Å². The maximum Gasteiger partial charge on any atom is 0.171 e. The van der Waals surface area contributed by atoms with Crippen LogP contribution in [-0.4, -0.2) is 0 Å². The predicted molar refractivity (Wildman–Crippen MR) is 209 cm³/mol. The summed E-state index contributed by atoms with van der Waals surface area (Å²) in [5.41, 5.74) is 7.81. The quantitative estimate of drug-likeness (QED) is 0.173. The predicted octanol–water partition coefficient (Wildman–Crippen LogP) is 11.6. The van der Waals surface area contributed by atoms with Gasteiger partial charge in [-0.2, -0.15) is 0 Å². The average molecular weight is 661 g/mol. The van der Waals surface area contributed by atoms with Gasteiger partial charge in [-0.1, -0.05) is 121 Å². The van der Waals surface area contributed by atoms with Gasteiger partial charge in [0.1, 0.15) is 22.3 Å². The van der Waals surface area contributed by atoms with E-state index in [9.17, 15) is 0 Å². The first kappa shape index (κ1) is 28.8. The number of furan rings is 2. The summed E-state index contributed by atoms with van der Waals surface area (Å²) in [6, 6.07) is 59.7. The van der Waals surface area contributed by atoms with E-state index >= 15 is 4.57 Å². The summed E-state index contributed by atoms with van der Waals surface area (Å²) >= 11 is 0. The summed E-state index contributed by atoms with van der Waals surface area (Å²) in [7, 11) is -3.14. The summed E-state index contributed by atoms with van der Waals surface area (Å²) in [5.74, 6) is 0. The van der Waals surface area contributed by atoms with Crippen LogP contribution in [0.1, 0.15) is 0 Å². The van der Waals surface area contributed by atoms with Crippen molar-refractivity contribution >= 4 is 77.7 Å². The molecular weight excluding hydrogens is 631 g/mol. The SMILES string of the molecule is O=P(c1ccccc1)(c1ccccc1)c1ccc2oc3ccc(-c4ccc5oc6ccc(-c7cccc8ccccc78)cc6c5c4)cc3c2c1. The van der Waals surface area contributed by atoms with Crippen LogP contribution in [0.5, 0.6) is 0 Å². The molecule has 3 nitrogen and oxygen atoms in total. The van der Waals surface area contributed by atoms with Crippen molar-refractivity contribution in [2.24, 2.45) is 0 Å². The second-order valence-electron chi connectivity index (χ2n) is 12.8. The van der Waals surface area contributed by atoms with Crippen molar-refractivity contribution in [2.45, 2.75) is 0 Å². The van der Waals surface area contributed by atoms with Gasteiger partial charge < -0.3 is 13.4 Å². The minimum atomic E-state index is -3.14. The molecule has 8 aromatic carbocycles. The van der Waals surface area contributed by atoms with E-state index in [4.69, 9.17) is 8.83 Å². The van der Waals surface area contributed by atoms with Crippen LogP contribution in [0.3, 0.4) is 0 Å². The van der Waals surface area contributed by atoms with Gasteiger partial charge in [-0.05, 0) is 87.6 Å². The fourth-order valence-electron chi connectivity index (χ4n) is 7.47. The van der Waals surface area contributed by atoms with Crippen LogP contribution in [0.15, 0.2) is 185 Å². The van der Waals surface area contributed by atoms with Crippen LogP contribution >= 0.6 is 7.14 Å². The fourth-order valence-corrected chi connectivity index (χ4v) is 10.1. The highest BCUT2D eigenvalue weighted by Gasteiger charge is 2.30. The fraction of sp³-hybridized carbons (Fsp3) is 0. The maximum absolute atomic E-state index is 15.2. The number of rotatable bonds is 5. The van der Waals surface area contributed by atoms with Crippen molar-refractivity contribution in [3.8, 4) is 22.3 Å². The van der Waals surface area contributed by atoms with Gasteiger partial charge in [-0.15, -0.1) is 0 Å². The van der Waals surface area contributed by atoms with Crippen molar-refractivity contribution in [3.05, 3.63) is 176 Å². The van der Waals surface area contributed by atoms with Crippen LogP contribution in [0.2, 0.25) is 0 Å². The zero-order chi connectivity index (χ0) is 33.2. The molecule has 0 saturated carbocycles. The smallest absolute Gasteiger partial charge is 0.171 e. The lowest BCUT2D eigenvalue weighted by molar-refractivity contribution is 0.592. The van der Waals surface area contributed by atoms with E-state index in [1.165, 1.54) is 16.3 Å². The number of fused-ring (bicyclic) bond motifs is 7. The zero-order valence-electron chi connectivity index (χ0n) is 26.9. The highest BCUT2D eigenvalue weighted by Crippen LogP contribution is 2.44. The third-order valence-corrected chi connectivity index (χ3v) is 13.0. The van der Waals surface area contributed by atoms with Crippen molar-refractivity contribution in [1.82, 2.24) is 0 Å². The lowest BCUT2D eigenvalue weighted by Gasteiger charge is -2.20. The molecule has 0 fully saturated rings. The molecule has 0 saturated heterocycles. The molecule has 0 aliphatic rings. The third-order valence-electron chi connectivity index (χ3n) is 9.96. The Morgan fingerprint density at radius 3 is 1.40 bits per heavy atom. The van der Waals surface area contributed by atoms with E-state index in [-0.39, 0.29) is 0 Å². The Labute approximate surface area is 288 Å². The van der Waals surface area contributed by atoms with Gasteiger partial charge in [0.2, 0.25) is 0 Å². The van der Waals surface area contributed by atoms with Gasteiger partial charge in [-0.3, -0.25) is 0 Å². The lowest BCUT2D eigenvalue weighted by atomic mass is 9.96. The molecule has 0 aliphatic heterocycles. The Hall–Kier alpha value is -6.15. The van der Waals surface area contributed by atoms with Crippen LogP contribution in [0.4, 0.5) is 0 Å². The van der Waals surface area contributed by atoms with Gasteiger partial charge >= 0.3 is 0 Å². The van der Waals surface area contributed by atoms with Crippen molar-refractivity contribution in [3.63, 3.8) is 0 Å². The van der Waals surface area contributed by atoms with Gasteiger partial charge in [-0.25, -0.2) is 0 Å². The highest BCUT2D eigenvalue weighted by atomic mass is 31.2. The highest BCUT2D eigenvalue weighted by molar-refractivity contribution is 7.85. The Balaban J connectivity index is 1.11. The van der Waals surface area contributed by atoms with E-state index in [1.54, 1.807) is 0 Å².